The number of rotatable bonds is 10. The van der Waals surface area contributed by atoms with Crippen molar-refractivity contribution in [3.63, 3.8) is 0 Å². The van der Waals surface area contributed by atoms with Gasteiger partial charge < -0.3 is 10.2 Å². The normalized spacial score (nSPS) is 12.4. The second-order valence-electron chi connectivity index (χ2n) is 8.29. The topological polar surface area (TPSA) is 86.8 Å². The molecule has 2 aromatic rings. The number of nitrogens with zero attached hydrogens (tertiary/aromatic N) is 2. The van der Waals surface area contributed by atoms with E-state index in [1.165, 1.54) is 43.3 Å². The van der Waals surface area contributed by atoms with Crippen molar-refractivity contribution in [1.29, 1.82) is 0 Å². The molecule has 0 saturated heterocycles. The Morgan fingerprint density at radius 2 is 1.74 bits per heavy atom. The molecule has 2 aromatic carbocycles. The Morgan fingerprint density at radius 3 is 2.29 bits per heavy atom. The summed E-state index contributed by atoms with van der Waals surface area (Å²) in [7, 11) is -3.95. The quantitative estimate of drug-likeness (QED) is 0.500. The van der Waals surface area contributed by atoms with E-state index in [9.17, 15) is 22.4 Å². The van der Waals surface area contributed by atoms with Crippen molar-refractivity contribution in [2.24, 2.45) is 5.92 Å². The molecule has 0 radical (unpaired) electrons. The second kappa shape index (κ2) is 11.9. The first-order valence-electron chi connectivity index (χ1n) is 10.5. The van der Waals surface area contributed by atoms with Crippen LogP contribution in [0, 0.1) is 11.7 Å². The first-order valence-corrected chi connectivity index (χ1v) is 13.1. The van der Waals surface area contributed by atoms with E-state index in [0.29, 0.717) is 11.6 Å². The zero-order valence-corrected chi connectivity index (χ0v) is 21.7. The molecule has 2 rings (SSSR count). The van der Waals surface area contributed by atoms with Crippen LogP contribution in [0.3, 0.4) is 0 Å². The Bertz CT molecular complexity index is 1140. The molecular formula is C23H28Cl2FN3O4S. The molecule has 11 heteroatoms. The first kappa shape index (κ1) is 27.9. The number of halogens is 3. The summed E-state index contributed by atoms with van der Waals surface area (Å²) < 4.78 is 40.3. The summed E-state index contributed by atoms with van der Waals surface area (Å²) >= 11 is 12.1. The molecule has 1 N–H and O–H groups in total. The number of benzene rings is 2. The summed E-state index contributed by atoms with van der Waals surface area (Å²) in [5.41, 5.74) is 0.250. The Labute approximate surface area is 209 Å². The maximum absolute atomic E-state index is 14.4. The van der Waals surface area contributed by atoms with Gasteiger partial charge in [0.1, 0.15) is 18.4 Å². The predicted octanol–water partition coefficient (Wildman–Crippen LogP) is 4.09. The van der Waals surface area contributed by atoms with Gasteiger partial charge in [0.05, 0.1) is 17.0 Å². The third-order valence-corrected chi connectivity index (χ3v) is 6.67. The number of anilines is 1. The molecule has 0 bridgehead atoms. The maximum Gasteiger partial charge on any atom is 0.244 e. The second-order valence-corrected chi connectivity index (χ2v) is 11.0. The maximum atomic E-state index is 14.4. The third kappa shape index (κ3) is 7.58. The zero-order chi connectivity index (χ0) is 25.6. The van der Waals surface area contributed by atoms with E-state index in [0.717, 1.165) is 15.5 Å². The minimum Gasteiger partial charge on any atom is -0.354 e. The summed E-state index contributed by atoms with van der Waals surface area (Å²) in [6.07, 6.45) is 0.936. The highest BCUT2D eigenvalue weighted by atomic mass is 35.5. The van der Waals surface area contributed by atoms with E-state index in [4.69, 9.17) is 23.2 Å². The molecule has 7 nitrogen and oxygen atoms in total. The van der Waals surface area contributed by atoms with E-state index in [1.807, 2.05) is 13.8 Å². The standard InChI is InChI=1S/C23H28Cl2FN3O4S/c1-15(2)12-27-23(31)16(3)28(13-17-7-5-6-8-20(17)26)22(30)14-29(34(4,32)33)21-10-9-18(24)11-19(21)25/h5-11,15-16H,12-14H2,1-4H3,(H,27,31)/t16-/m0/s1. The van der Waals surface area contributed by atoms with Gasteiger partial charge in [0, 0.05) is 23.7 Å². The summed E-state index contributed by atoms with van der Waals surface area (Å²) in [6, 6.07) is 9.08. The number of nitrogens with one attached hydrogen (secondary N) is 1. The zero-order valence-electron chi connectivity index (χ0n) is 19.4. The van der Waals surface area contributed by atoms with Crippen molar-refractivity contribution < 1.29 is 22.4 Å². The first-order chi connectivity index (χ1) is 15.8. The third-order valence-electron chi connectivity index (χ3n) is 5.01. The number of sulfonamides is 1. The Hall–Kier alpha value is -2.36. The van der Waals surface area contributed by atoms with Gasteiger partial charge >= 0.3 is 0 Å². The van der Waals surface area contributed by atoms with Crippen LogP contribution in [-0.4, -0.2) is 50.5 Å². The van der Waals surface area contributed by atoms with Gasteiger partial charge in [-0.1, -0.05) is 55.2 Å². The van der Waals surface area contributed by atoms with E-state index in [2.05, 4.69) is 5.32 Å². The molecule has 34 heavy (non-hydrogen) atoms. The molecule has 0 unspecified atom stereocenters. The molecule has 1 atom stereocenters. The van der Waals surface area contributed by atoms with Crippen molar-refractivity contribution in [2.75, 3.05) is 23.7 Å². The predicted molar refractivity (Wildman–Crippen MR) is 133 cm³/mol. The van der Waals surface area contributed by atoms with Crippen LogP contribution in [0.2, 0.25) is 10.0 Å². The van der Waals surface area contributed by atoms with E-state index in [-0.39, 0.29) is 28.7 Å². The molecule has 0 fully saturated rings. The van der Waals surface area contributed by atoms with Gasteiger partial charge in [0.2, 0.25) is 21.8 Å². The molecular weight excluding hydrogens is 504 g/mol. The van der Waals surface area contributed by atoms with Gasteiger partial charge in [-0.3, -0.25) is 13.9 Å². The summed E-state index contributed by atoms with van der Waals surface area (Å²) in [5, 5.41) is 3.09. The largest absolute Gasteiger partial charge is 0.354 e. The SMILES string of the molecule is CC(C)CNC(=O)[C@H](C)N(Cc1ccccc1F)C(=O)CN(c1ccc(Cl)cc1Cl)S(C)(=O)=O. The highest BCUT2D eigenvalue weighted by Gasteiger charge is 2.31. The number of amides is 2. The van der Waals surface area contributed by atoms with Gasteiger partial charge in [-0.25, -0.2) is 12.8 Å². The number of hydrogen-bond acceptors (Lipinski definition) is 4. The van der Waals surface area contributed by atoms with Crippen molar-refractivity contribution in [1.82, 2.24) is 10.2 Å². The van der Waals surface area contributed by atoms with Crippen LogP contribution in [0.15, 0.2) is 42.5 Å². The smallest absolute Gasteiger partial charge is 0.244 e. The highest BCUT2D eigenvalue weighted by molar-refractivity contribution is 7.92. The molecule has 0 aliphatic heterocycles. The van der Waals surface area contributed by atoms with Crippen LogP contribution in [0.1, 0.15) is 26.3 Å². The molecule has 0 aromatic heterocycles. The molecule has 0 spiro atoms. The summed E-state index contributed by atoms with van der Waals surface area (Å²) in [4.78, 5) is 27.3. The van der Waals surface area contributed by atoms with Crippen LogP contribution >= 0.6 is 23.2 Å². The van der Waals surface area contributed by atoms with Crippen molar-refractivity contribution in [3.05, 3.63) is 63.9 Å². The van der Waals surface area contributed by atoms with Crippen LogP contribution in [0.25, 0.3) is 0 Å². The fraction of sp³-hybridized carbons (Fsp3) is 0.391. The summed E-state index contributed by atoms with van der Waals surface area (Å²) in [5.74, 6) is -1.50. The lowest BCUT2D eigenvalue weighted by molar-refractivity contribution is -0.139. The Kier molecular flexibility index (Phi) is 9.73. The van der Waals surface area contributed by atoms with Crippen LogP contribution < -0.4 is 9.62 Å². The number of carbonyl (C=O) groups excluding carboxylic acids is 2. The van der Waals surface area contributed by atoms with Crippen LogP contribution in [0.4, 0.5) is 10.1 Å². The van der Waals surface area contributed by atoms with E-state index in [1.54, 1.807) is 6.07 Å². The molecule has 0 aliphatic carbocycles. The lowest BCUT2D eigenvalue weighted by atomic mass is 10.1. The van der Waals surface area contributed by atoms with Crippen LogP contribution in [0.5, 0.6) is 0 Å². The average molecular weight is 532 g/mol. The van der Waals surface area contributed by atoms with E-state index < -0.39 is 40.2 Å². The van der Waals surface area contributed by atoms with Crippen LogP contribution in [-0.2, 0) is 26.2 Å². The van der Waals surface area contributed by atoms with Crippen molar-refractivity contribution >= 4 is 50.7 Å². The van der Waals surface area contributed by atoms with Gasteiger partial charge in [0.25, 0.3) is 0 Å². The van der Waals surface area contributed by atoms with Gasteiger partial charge in [-0.05, 0) is 37.1 Å². The lowest BCUT2D eigenvalue weighted by Crippen LogP contribution is -2.51. The fourth-order valence-corrected chi connectivity index (χ4v) is 4.55. The van der Waals surface area contributed by atoms with Gasteiger partial charge in [-0.15, -0.1) is 0 Å². The van der Waals surface area contributed by atoms with Crippen molar-refractivity contribution in [3.8, 4) is 0 Å². The fourth-order valence-electron chi connectivity index (χ4n) is 3.12. The Balaban J connectivity index is 2.41. The molecule has 2 amide bonds. The van der Waals surface area contributed by atoms with E-state index >= 15 is 0 Å². The van der Waals surface area contributed by atoms with Crippen molar-refractivity contribution in [2.45, 2.75) is 33.4 Å². The molecule has 186 valence electrons. The van der Waals surface area contributed by atoms with Gasteiger partial charge in [-0.2, -0.15) is 0 Å². The number of hydrogen-bond donors (Lipinski definition) is 1. The minimum atomic E-state index is -3.95. The minimum absolute atomic E-state index is 0.0362. The summed E-state index contributed by atoms with van der Waals surface area (Å²) in [6.45, 7) is 4.87. The molecule has 0 heterocycles. The Morgan fingerprint density at radius 1 is 1.09 bits per heavy atom. The number of carbonyl (C=O) groups is 2. The monoisotopic (exact) mass is 531 g/mol. The average Bonchev–Trinajstić information content (AvgIpc) is 2.74. The van der Waals surface area contributed by atoms with Gasteiger partial charge in [0.15, 0.2) is 0 Å². The molecule has 0 saturated carbocycles. The molecule has 0 aliphatic rings. The highest BCUT2D eigenvalue weighted by Crippen LogP contribution is 2.30. The lowest BCUT2D eigenvalue weighted by Gasteiger charge is -2.32.